The molecule has 0 aliphatic rings. The molecular formula is C10H14BrNO3S. The Labute approximate surface area is 104 Å². The minimum atomic E-state index is -3.56. The van der Waals surface area contributed by atoms with Gasteiger partial charge < -0.3 is 5.11 Å². The molecule has 4 nitrogen and oxygen atoms in total. The number of hydrogen-bond donors (Lipinski definition) is 2. The van der Waals surface area contributed by atoms with Gasteiger partial charge in [-0.2, -0.15) is 0 Å². The molecule has 1 rings (SSSR count). The second kappa shape index (κ2) is 5.27. The molecule has 2 N–H and O–H groups in total. The Morgan fingerprint density at radius 3 is 2.62 bits per heavy atom. The van der Waals surface area contributed by atoms with Gasteiger partial charge in [-0.05, 0) is 47.5 Å². The molecule has 0 aliphatic heterocycles. The average Bonchev–Trinajstić information content (AvgIpc) is 2.14. The Kier molecular flexibility index (Phi) is 4.49. The van der Waals surface area contributed by atoms with Crippen molar-refractivity contribution in [3.05, 3.63) is 28.2 Å². The van der Waals surface area contributed by atoms with Crippen molar-refractivity contribution in [2.75, 3.05) is 6.54 Å². The number of aliphatic hydroxyl groups is 1. The van der Waals surface area contributed by atoms with Crippen LogP contribution < -0.4 is 4.72 Å². The van der Waals surface area contributed by atoms with Gasteiger partial charge >= 0.3 is 0 Å². The first-order valence-electron chi connectivity index (χ1n) is 4.77. The molecule has 6 heteroatoms. The zero-order valence-electron chi connectivity index (χ0n) is 9.07. The van der Waals surface area contributed by atoms with E-state index in [-0.39, 0.29) is 11.4 Å². The van der Waals surface area contributed by atoms with Gasteiger partial charge in [0.2, 0.25) is 10.0 Å². The minimum Gasteiger partial charge on any atom is -0.392 e. The second-order valence-corrected chi connectivity index (χ2v) is 6.22. The summed E-state index contributed by atoms with van der Waals surface area (Å²) in [6, 6.07) is 4.99. The van der Waals surface area contributed by atoms with Crippen molar-refractivity contribution < 1.29 is 13.5 Å². The van der Waals surface area contributed by atoms with E-state index >= 15 is 0 Å². The Bertz CT molecular complexity index is 471. The summed E-state index contributed by atoms with van der Waals surface area (Å²) >= 11 is 3.21. The van der Waals surface area contributed by atoms with Crippen molar-refractivity contribution in [2.45, 2.75) is 24.8 Å². The summed E-state index contributed by atoms with van der Waals surface area (Å²) < 4.78 is 26.5. The zero-order chi connectivity index (χ0) is 12.3. The number of nitrogens with one attached hydrogen (secondary N) is 1. The summed E-state index contributed by atoms with van der Waals surface area (Å²) in [5.41, 5.74) is 0.973. The summed E-state index contributed by atoms with van der Waals surface area (Å²) in [6.07, 6.45) is -0.709. The molecule has 0 fully saturated rings. The highest BCUT2D eigenvalue weighted by Crippen LogP contribution is 2.22. The largest absolute Gasteiger partial charge is 0.392 e. The first kappa shape index (κ1) is 13.6. The molecule has 0 heterocycles. The maximum Gasteiger partial charge on any atom is 0.241 e. The van der Waals surface area contributed by atoms with E-state index in [2.05, 4.69) is 20.7 Å². The molecule has 0 bridgehead atoms. The topological polar surface area (TPSA) is 66.4 Å². The van der Waals surface area contributed by atoms with Gasteiger partial charge in [-0.3, -0.25) is 0 Å². The third-order valence-electron chi connectivity index (χ3n) is 1.95. The van der Waals surface area contributed by atoms with Crippen LogP contribution in [-0.2, 0) is 10.0 Å². The monoisotopic (exact) mass is 307 g/mol. The smallest absolute Gasteiger partial charge is 0.241 e. The summed E-state index contributed by atoms with van der Waals surface area (Å²) in [6.45, 7) is 3.40. The highest BCUT2D eigenvalue weighted by Gasteiger charge is 2.17. The van der Waals surface area contributed by atoms with Crippen molar-refractivity contribution in [1.82, 2.24) is 4.72 Å². The van der Waals surface area contributed by atoms with Gasteiger partial charge in [0.1, 0.15) is 0 Å². The van der Waals surface area contributed by atoms with Crippen molar-refractivity contribution in [3.8, 4) is 0 Å². The van der Waals surface area contributed by atoms with E-state index in [1.807, 2.05) is 6.92 Å². The number of rotatable bonds is 4. The van der Waals surface area contributed by atoms with Crippen molar-refractivity contribution in [2.24, 2.45) is 0 Å². The molecule has 0 amide bonds. The van der Waals surface area contributed by atoms with E-state index in [0.717, 1.165) is 5.56 Å². The van der Waals surface area contributed by atoms with Gasteiger partial charge in [0.25, 0.3) is 0 Å². The van der Waals surface area contributed by atoms with Crippen molar-refractivity contribution in [1.29, 1.82) is 0 Å². The summed E-state index contributed by atoms with van der Waals surface area (Å²) in [5, 5.41) is 9.04. The predicted octanol–water partition coefficient (Wildman–Crippen LogP) is 1.42. The van der Waals surface area contributed by atoms with Crippen LogP contribution in [0.2, 0.25) is 0 Å². The summed E-state index contributed by atoms with van der Waals surface area (Å²) in [5.74, 6) is 0. The lowest BCUT2D eigenvalue weighted by Crippen LogP contribution is -2.30. The van der Waals surface area contributed by atoms with Crippen LogP contribution in [0.5, 0.6) is 0 Å². The van der Waals surface area contributed by atoms with Crippen LogP contribution in [0.3, 0.4) is 0 Å². The fourth-order valence-electron chi connectivity index (χ4n) is 1.13. The number of halogens is 1. The Balaban J connectivity index is 2.99. The quantitative estimate of drug-likeness (QED) is 0.884. The van der Waals surface area contributed by atoms with E-state index in [9.17, 15) is 8.42 Å². The Morgan fingerprint density at radius 1 is 1.50 bits per heavy atom. The van der Waals surface area contributed by atoms with Crippen LogP contribution in [0, 0.1) is 6.92 Å². The molecule has 1 atom stereocenters. The van der Waals surface area contributed by atoms with E-state index < -0.39 is 16.1 Å². The lowest BCUT2D eigenvalue weighted by molar-refractivity contribution is 0.198. The molecular weight excluding hydrogens is 294 g/mol. The van der Waals surface area contributed by atoms with Gasteiger partial charge in [0.05, 0.1) is 11.0 Å². The Hall–Kier alpha value is -0.430. The fourth-order valence-corrected chi connectivity index (χ4v) is 3.44. The normalized spacial score (nSPS) is 13.8. The summed E-state index contributed by atoms with van der Waals surface area (Å²) in [7, 11) is -3.56. The van der Waals surface area contributed by atoms with E-state index in [0.29, 0.717) is 4.47 Å². The number of sulfonamides is 1. The predicted molar refractivity (Wildman–Crippen MR) is 65.7 cm³/mol. The number of aliphatic hydroxyl groups excluding tert-OH is 1. The van der Waals surface area contributed by atoms with Crippen LogP contribution >= 0.6 is 15.9 Å². The lowest BCUT2D eigenvalue weighted by Gasteiger charge is -2.10. The van der Waals surface area contributed by atoms with Crippen LogP contribution in [-0.4, -0.2) is 26.2 Å². The molecule has 0 aliphatic carbocycles. The molecule has 1 aromatic carbocycles. The molecule has 0 unspecified atom stereocenters. The van der Waals surface area contributed by atoms with Crippen LogP contribution in [0.4, 0.5) is 0 Å². The molecule has 0 radical (unpaired) electrons. The maximum atomic E-state index is 11.8. The van der Waals surface area contributed by atoms with Crippen molar-refractivity contribution in [3.63, 3.8) is 0 Å². The number of aryl methyl sites for hydroxylation is 1. The Morgan fingerprint density at radius 2 is 2.12 bits per heavy atom. The third kappa shape index (κ3) is 3.55. The van der Waals surface area contributed by atoms with Crippen LogP contribution in [0.1, 0.15) is 12.5 Å². The summed E-state index contributed by atoms with van der Waals surface area (Å²) in [4.78, 5) is 0.179. The highest BCUT2D eigenvalue weighted by molar-refractivity contribution is 9.10. The highest BCUT2D eigenvalue weighted by atomic mass is 79.9. The SMILES string of the molecule is Cc1ccc(S(=O)(=O)NC[C@H](C)O)c(Br)c1. The average molecular weight is 308 g/mol. The van der Waals surface area contributed by atoms with Crippen LogP contribution in [0.25, 0.3) is 0 Å². The number of hydrogen-bond acceptors (Lipinski definition) is 3. The van der Waals surface area contributed by atoms with Gasteiger partial charge in [0.15, 0.2) is 0 Å². The lowest BCUT2D eigenvalue weighted by atomic mass is 10.2. The van der Waals surface area contributed by atoms with Gasteiger partial charge in [-0.1, -0.05) is 6.07 Å². The fraction of sp³-hybridized carbons (Fsp3) is 0.400. The molecule has 90 valence electrons. The second-order valence-electron chi connectivity index (χ2n) is 3.63. The zero-order valence-corrected chi connectivity index (χ0v) is 11.5. The maximum absolute atomic E-state index is 11.8. The molecule has 0 saturated heterocycles. The van der Waals surface area contributed by atoms with Crippen molar-refractivity contribution >= 4 is 26.0 Å². The van der Waals surface area contributed by atoms with Gasteiger partial charge in [0, 0.05) is 11.0 Å². The number of benzene rings is 1. The molecule has 0 aromatic heterocycles. The minimum absolute atomic E-state index is 0.00263. The molecule has 0 saturated carbocycles. The first-order valence-corrected chi connectivity index (χ1v) is 7.04. The standard InChI is InChI=1S/C10H14BrNO3S/c1-7-3-4-10(9(11)5-7)16(14,15)12-6-8(2)13/h3-5,8,12-13H,6H2,1-2H3/t8-/m0/s1. The van der Waals surface area contributed by atoms with Crippen LogP contribution in [0.15, 0.2) is 27.6 Å². The molecule has 16 heavy (non-hydrogen) atoms. The third-order valence-corrected chi connectivity index (χ3v) is 4.35. The molecule has 1 aromatic rings. The first-order chi connectivity index (χ1) is 7.33. The van der Waals surface area contributed by atoms with E-state index in [4.69, 9.17) is 5.11 Å². The van der Waals surface area contributed by atoms with Gasteiger partial charge in [-0.25, -0.2) is 13.1 Å². The molecule has 0 spiro atoms. The van der Waals surface area contributed by atoms with Gasteiger partial charge in [-0.15, -0.1) is 0 Å². The van der Waals surface area contributed by atoms with E-state index in [1.54, 1.807) is 12.1 Å². The van der Waals surface area contributed by atoms with E-state index in [1.165, 1.54) is 13.0 Å².